The molecule has 13 aromatic rings. The van der Waals surface area contributed by atoms with Crippen molar-refractivity contribution in [1.82, 2.24) is 19.1 Å². The summed E-state index contributed by atoms with van der Waals surface area (Å²) < 4.78 is 8.50. The molecule has 0 radical (unpaired) electrons. The van der Waals surface area contributed by atoms with Crippen LogP contribution in [0.3, 0.4) is 0 Å². The molecule has 4 nitrogen and oxygen atoms in total. The van der Waals surface area contributed by atoms with Crippen molar-refractivity contribution in [3.05, 3.63) is 170 Å². The Bertz CT molecular complexity index is 3770. The van der Waals surface area contributed by atoms with Crippen LogP contribution in [0, 0.1) is 0 Å². The first-order valence-electron chi connectivity index (χ1n) is 18.8. The summed E-state index contributed by atoms with van der Waals surface area (Å²) in [6.07, 6.45) is 0. The van der Waals surface area contributed by atoms with Crippen LogP contribution in [0.25, 0.3) is 118 Å². The lowest BCUT2D eigenvalue weighted by molar-refractivity contribution is 1.02. The number of hydrogen-bond donors (Lipinski definition) is 0. The first-order chi connectivity index (χ1) is 27.8. The van der Waals surface area contributed by atoms with Gasteiger partial charge in [-0.25, -0.2) is 9.97 Å². The molecule has 0 fully saturated rings. The second kappa shape index (κ2) is 11.3. The molecule has 0 unspecified atom stereocenters. The Balaban J connectivity index is 1.18. The van der Waals surface area contributed by atoms with Gasteiger partial charge in [0.05, 0.1) is 27.8 Å². The van der Waals surface area contributed by atoms with Gasteiger partial charge in [0.15, 0.2) is 0 Å². The fourth-order valence-corrected chi connectivity index (χ4v) is 11.5. The van der Waals surface area contributed by atoms with Gasteiger partial charge in [0.2, 0.25) is 5.95 Å². The van der Waals surface area contributed by atoms with E-state index in [0.29, 0.717) is 5.95 Å². The van der Waals surface area contributed by atoms with Crippen molar-refractivity contribution in [2.24, 2.45) is 0 Å². The molecule has 0 saturated carbocycles. The molecular formula is C50H28N4S2. The van der Waals surface area contributed by atoms with Gasteiger partial charge in [-0.3, -0.25) is 4.57 Å². The van der Waals surface area contributed by atoms with Crippen molar-refractivity contribution >= 4 is 118 Å². The van der Waals surface area contributed by atoms with E-state index in [1.165, 1.54) is 73.6 Å². The van der Waals surface area contributed by atoms with Gasteiger partial charge in [0.1, 0.15) is 4.83 Å². The predicted octanol–water partition coefficient (Wildman–Crippen LogP) is 14.2. The molecule has 6 heteroatoms. The maximum absolute atomic E-state index is 5.69. The molecule has 0 bridgehead atoms. The first-order valence-corrected chi connectivity index (χ1v) is 20.5. The van der Waals surface area contributed by atoms with E-state index in [2.05, 4.69) is 179 Å². The van der Waals surface area contributed by atoms with Gasteiger partial charge in [0, 0.05) is 73.8 Å². The second-order valence-electron chi connectivity index (χ2n) is 14.5. The van der Waals surface area contributed by atoms with E-state index in [4.69, 9.17) is 9.97 Å². The number of fused-ring (bicyclic) bond motifs is 16. The van der Waals surface area contributed by atoms with Crippen LogP contribution < -0.4 is 0 Å². The number of benzene rings is 8. The van der Waals surface area contributed by atoms with Crippen LogP contribution in [-0.4, -0.2) is 19.1 Å². The molecule has 0 atom stereocenters. The van der Waals surface area contributed by atoms with Gasteiger partial charge in [-0.15, -0.1) is 22.7 Å². The molecule has 0 aliphatic heterocycles. The van der Waals surface area contributed by atoms with Crippen LogP contribution in [0.5, 0.6) is 0 Å². The largest absolute Gasteiger partial charge is 0.309 e. The third kappa shape index (κ3) is 4.06. The molecule has 0 spiro atoms. The third-order valence-electron chi connectivity index (χ3n) is 11.5. The molecule has 56 heavy (non-hydrogen) atoms. The van der Waals surface area contributed by atoms with E-state index in [0.717, 1.165) is 38.2 Å². The number of hydrogen-bond acceptors (Lipinski definition) is 4. The van der Waals surface area contributed by atoms with Crippen molar-refractivity contribution in [2.45, 2.75) is 0 Å². The van der Waals surface area contributed by atoms with Gasteiger partial charge in [0.25, 0.3) is 0 Å². The van der Waals surface area contributed by atoms with Crippen molar-refractivity contribution in [1.29, 1.82) is 0 Å². The maximum Gasteiger partial charge on any atom is 0.236 e. The van der Waals surface area contributed by atoms with Gasteiger partial charge < -0.3 is 4.57 Å². The van der Waals surface area contributed by atoms with E-state index < -0.39 is 0 Å². The number of thiophene rings is 2. The van der Waals surface area contributed by atoms with Gasteiger partial charge in [-0.1, -0.05) is 121 Å². The summed E-state index contributed by atoms with van der Waals surface area (Å²) in [5.41, 5.74) is 7.77. The van der Waals surface area contributed by atoms with E-state index in [-0.39, 0.29) is 0 Å². The molecule has 0 amide bonds. The summed E-state index contributed by atoms with van der Waals surface area (Å²) >= 11 is 3.62. The van der Waals surface area contributed by atoms with Crippen molar-refractivity contribution in [2.75, 3.05) is 0 Å². The predicted molar refractivity (Wildman–Crippen MR) is 239 cm³/mol. The molecule has 0 N–H and O–H groups in total. The number of rotatable bonds is 3. The van der Waals surface area contributed by atoms with E-state index >= 15 is 0 Å². The Morgan fingerprint density at radius 3 is 1.77 bits per heavy atom. The van der Waals surface area contributed by atoms with E-state index in [1.54, 1.807) is 11.3 Å². The SMILES string of the molecule is c1ccc(-n2c3ccccc3c3cc(-c4nc(-n5c6ccccc6c6c7ccccc7c7sc8ccccc8c7c65)nc5sc6ccccc6c45)ccc32)cc1. The zero-order valence-electron chi connectivity index (χ0n) is 29.8. The summed E-state index contributed by atoms with van der Waals surface area (Å²) in [6.45, 7) is 0. The molecule has 5 aromatic heterocycles. The normalized spacial score (nSPS) is 12.3. The lowest BCUT2D eigenvalue weighted by Gasteiger charge is -2.12. The number of nitrogens with zero attached hydrogens (tertiary/aromatic N) is 4. The molecule has 5 heterocycles. The van der Waals surface area contributed by atoms with Crippen molar-refractivity contribution in [3.8, 4) is 22.9 Å². The van der Waals surface area contributed by atoms with Crippen LogP contribution in [0.2, 0.25) is 0 Å². The van der Waals surface area contributed by atoms with Crippen molar-refractivity contribution < 1.29 is 0 Å². The Morgan fingerprint density at radius 2 is 0.982 bits per heavy atom. The molecule has 0 saturated heterocycles. The van der Waals surface area contributed by atoms with Crippen LogP contribution in [0.15, 0.2) is 170 Å². The second-order valence-corrected chi connectivity index (χ2v) is 16.6. The number of aromatic nitrogens is 4. The highest BCUT2D eigenvalue weighted by Crippen LogP contribution is 2.48. The zero-order valence-corrected chi connectivity index (χ0v) is 31.4. The van der Waals surface area contributed by atoms with E-state index in [1.807, 2.05) is 11.3 Å². The minimum absolute atomic E-state index is 0.684. The fourth-order valence-electron chi connectivity index (χ4n) is 9.22. The third-order valence-corrected chi connectivity index (χ3v) is 13.8. The average molecular weight is 749 g/mol. The summed E-state index contributed by atoms with van der Waals surface area (Å²) in [7, 11) is 0. The summed E-state index contributed by atoms with van der Waals surface area (Å²) in [6, 6.07) is 61.4. The quantitative estimate of drug-likeness (QED) is 0.180. The lowest BCUT2D eigenvalue weighted by Crippen LogP contribution is -2.03. The minimum Gasteiger partial charge on any atom is -0.309 e. The average Bonchev–Trinajstić information content (AvgIpc) is 4.01. The van der Waals surface area contributed by atoms with Crippen LogP contribution in [0.1, 0.15) is 0 Å². The molecule has 260 valence electrons. The van der Waals surface area contributed by atoms with Crippen LogP contribution in [-0.2, 0) is 0 Å². The van der Waals surface area contributed by atoms with Crippen LogP contribution in [0.4, 0.5) is 0 Å². The first kappa shape index (κ1) is 30.5. The highest BCUT2D eigenvalue weighted by molar-refractivity contribution is 7.27. The van der Waals surface area contributed by atoms with Gasteiger partial charge in [-0.05, 0) is 53.9 Å². The summed E-state index contributed by atoms with van der Waals surface area (Å²) in [5, 5.41) is 12.2. The highest BCUT2D eigenvalue weighted by Gasteiger charge is 2.25. The lowest BCUT2D eigenvalue weighted by atomic mass is 10.00. The standard InChI is InChI=1S/C50H28N4S2/c1-2-14-30(15-3-1)53-38-22-10-6-16-31(38)37-28-29(26-27-40(37)53)46-44-35-20-8-13-25-42(35)56-49(44)52-50(51-46)54-39-23-11-7-19-34(39)43-32-17-4-5-18-33(32)48-45(47(43)54)36-21-9-12-24-41(36)55-48/h1-28H. The Morgan fingerprint density at radius 1 is 0.393 bits per heavy atom. The molecule has 8 aromatic carbocycles. The summed E-state index contributed by atoms with van der Waals surface area (Å²) in [5.74, 6) is 0.684. The van der Waals surface area contributed by atoms with Gasteiger partial charge >= 0.3 is 0 Å². The molecule has 0 aliphatic carbocycles. The maximum atomic E-state index is 5.69. The fraction of sp³-hybridized carbons (Fsp3) is 0. The van der Waals surface area contributed by atoms with Crippen molar-refractivity contribution in [3.63, 3.8) is 0 Å². The Hall–Kier alpha value is -6.86. The van der Waals surface area contributed by atoms with Gasteiger partial charge in [-0.2, -0.15) is 0 Å². The smallest absolute Gasteiger partial charge is 0.236 e. The Kier molecular flexibility index (Phi) is 6.17. The topological polar surface area (TPSA) is 35.6 Å². The van der Waals surface area contributed by atoms with E-state index in [9.17, 15) is 0 Å². The minimum atomic E-state index is 0.684. The highest BCUT2D eigenvalue weighted by atomic mass is 32.1. The zero-order chi connectivity index (χ0) is 36.5. The summed E-state index contributed by atoms with van der Waals surface area (Å²) in [4.78, 5) is 12.2. The molecular weight excluding hydrogens is 721 g/mol. The van der Waals surface area contributed by atoms with Crippen LogP contribution >= 0.6 is 22.7 Å². The molecule has 0 aliphatic rings. The number of para-hydroxylation sites is 3. The Labute approximate surface area is 327 Å². The molecule has 13 rings (SSSR count). The monoisotopic (exact) mass is 748 g/mol.